The van der Waals surface area contributed by atoms with Crippen molar-refractivity contribution >= 4 is 18.1 Å². The molecule has 0 bridgehead atoms. The van der Waals surface area contributed by atoms with E-state index < -0.39 is 11.9 Å². The minimum atomic E-state index is -0.608. The van der Waals surface area contributed by atoms with Gasteiger partial charge >= 0.3 is 5.97 Å². The lowest BCUT2D eigenvalue weighted by Gasteiger charge is -2.13. The van der Waals surface area contributed by atoms with E-state index in [0.29, 0.717) is 45.8 Å². The van der Waals surface area contributed by atoms with E-state index in [9.17, 15) is 9.59 Å². The van der Waals surface area contributed by atoms with E-state index >= 15 is 0 Å². The molecule has 3 aromatic rings. The van der Waals surface area contributed by atoms with Gasteiger partial charge in [-0.25, -0.2) is 10.2 Å². The molecule has 200 valence electrons. The molecule has 0 spiro atoms. The third kappa shape index (κ3) is 6.25. The van der Waals surface area contributed by atoms with E-state index in [1.165, 1.54) is 73.1 Å². The number of hydrazone groups is 1. The smallest absolute Gasteiger partial charge is 0.343 e. The molecule has 0 saturated heterocycles. The lowest BCUT2D eigenvalue weighted by atomic mass is 10.1. The Labute approximate surface area is 219 Å². The average molecular weight is 525 g/mol. The quantitative estimate of drug-likeness (QED) is 0.173. The summed E-state index contributed by atoms with van der Waals surface area (Å²) in [6, 6.07) is 12.6. The fourth-order valence-corrected chi connectivity index (χ4v) is 3.43. The summed E-state index contributed by atoms with van der Waals surface area (Å²) < 4.78 is 37.1. The van der Waals surface area contributed by atoms with Crippen molar-refractivity contribution in [2.24, 2.45) is 5.10 Å². The molecule has 0 fully saturated rings. The van der Waals surface area contributed by atoms with Crippen molar-refractivity contribution in [1.29, 1.82) is 0 Å². The molecule has 0 radical (unpaired) electrons. The van der Waals surface area contributed by atoms with Gasteiger partial charge in [-0.1, -0.05) is 0 Å². The molecular weight excluding hydrogens is 496 g/mol. The summed E-state index contributed by atoms with van der Waals surface area (Å²) in [4.78, 5) is 25.2. The van der Waals surface area contributed by atoms with Crippen LogP contribution in [-0.4, -0.2) is 60.7 Å². The zero-order chi connectivity index (χ0) is 27.7. The predicted molar refractivity (Wildman–Crippen MR) is 139 cm³/mol. The minimum Gasteiger partial charge on any atom is -0.493 e. The van der Waals surface area contributed by atoms with Crippen LogP contribution in [-0.2, 0) is 0 Å². The first kappa shape index (κ1) is 27.7. The van der Waals surface area contributed by atoms with E-state index in [4.69, 9.17) is 33.2 Å². The van der Waals surface area contributed by atoms with E-state index in [1.54, 1.807) is 24.3 Å². The normalized spacial score (nSPS) is 10.5. The molecule has 11 heteroatoms. The highest BCUT2D eigenvalue weighted by Crippen LogP contribution is 2.39. The predicted octanol–water partition coefficient (Wildman–Crippen LogP) is 3.72. The summed E-state index contributed by atoms with van der Waals surface area (Å²) in [6.45, 7) is 0. The van der Waals surface area contributed by atoms with Gasteiger partial charge in [0.1, 0.15) is 5.75 Å². The third-order valence-corrected chi connectivity index (χ3v) is 5.30. The summed E-state index contributed by atoms with van der Waals surface area (Å²) in [7, 11) is 8.79. The number of rotatable bonds is 11. The van der Waals surface area contributed by atoms with Crippen LogP contribution in [0.2, 0.25) is 0 Å². The molecule has 0 aromatic heterocycles. The van der Waals surface area contributed by atoms with Gasteiger partial charge in [-0.3, -0.25) is 4.79 Å². The molecule has 38 heavy (non-hydrogen) atoms. The van der Waals surface area contributed by atoms with Crippen LogP contribution in [0.5, 0.6) is 40.2 Å². The van der Waals surface area contributed by atoms with Crippen LogP contribution >= 0.6 is 0 Å². The molecule has 1 amide bonds. The second kappa shape index (κ2) is 12.9. The number of nitrogens with zero attached hydrogens (tertiary/aromatic N) is 1. The van der Waals surface area contributed by atoms with Crippen molar-refractivity contribution < 1.29 is 42.7 Å². The maximum absolute atomic E-state index is 12.7. The second-order valence-electron chi connectivity index (χ2n) is 7.49. The molecule has 0 aliphatic heterocycles. The molecule has 3 aromatic carbocycles. The fourth-order valence-electron chi connectivity index (χ4n) is 3.43. The van der Waals surface area contributed by atoms with Gasteiger partial charge in [0, 0.05) is 5.56 Å². The standard InChI is InChI=1S/C27H28N2O9/c1-32-20-11-17(12-21(33-2)24(20)36-5)26(30)29-28-15-16-7-9-19(10-8-16)38-27(31)18-13-22(34-3)25(37-6)23(14-18)35-4/h7-15H,1-6H3,(H,29,30). The van der Waals surface area contributed by atoms with Gasteiger partial charge in [-0.05, 0) is 54.1 Å². The lowest BCUT2D eigenvalue weighted by Crippen LogP contribution is -2.18. The molecule has 0 saturated carbocycles. The maximum atomic E-state index is 12.7. The molecule has 3 rings (SSSR count). The molecule has 0 heterocycles. The van der Waals surface area contributed by atoms with Crippen molar-refractivity contribution in [1.82, 2.24) is 5.43 Å². The van der Waals surface area contributed by atoms with Gasteiger partial charge in [0.05, 0.1) is 54.4 Å². The van der Waals surface area contributed by atoms with Crippen molar-refractivity contribution in [3.05, 3.63) is 65.2 Å². The van der Waals surface area contributed by atoms with Gasteiger partial charge < -0.3 is 33.2 Å². The number of benzene rings is 3. The van der Waals surface area contributed by atoms with E-state index in [0.717, 1.165) is 0 Å². The largest absolute Gasteiger partial charge is 0.493 e. The Morgan fingerprint density at radius 1 is 0.658 bits per heavy atom. The van der Waals surface area contributed by atoms with E-state index in [2.05, 4.69) is 10.5 Å². The summed E-state index contributed by atoms with van der Waals surface area (Å²) in [5.41, 5.74) is 3.59. The Morgan fingerprint density at radius 2 is 1.11 bits per heavy atom. The molecule has 1 N–H and O–H groups in total. The van der Waals surface area contributed by atoms with Crippen molar-refractivity contribution in [3.8, 4) is 40.2 Å². The van der Waals surface area contributed by atoms with Crippen LogP contribution in [0, 0.1) is 0 Å². The monoisotopic (exact) mass is 524 g/mol. The number of carbonyl (C=O) groups excluding carboxylic acids is 2. The number of carbonyl (C=O) groups is 2. The van der Waals surface area contributed by atoms with Crippen LogP contribution in [0.15, 0.2) is 53.6 Å². The Kier molecular flexibility index (Phi) is 9.36. The average Bonchev–Trinajstić information content (AvgIpc) is 2.95. The number of ether oxygens (including phenoxy) is 7. The van der Waals surface area contributed by atoms with Crippen molar-refractivity contribution in [3.63, 3.8) is 0 Å². The van der Waals surface area contributed by atoms with Crippen LogP contribution in [0.1, 0.15) is 26.3 Å². The Bertz CT molecular complexity index is 1270. The summed E-state index contributed by atoms with van der Waals surface area (Å²) in [5.74, 6) is 1.32. The number of esters is 1. The van der Waals surface area contributed by atoms with Crippen LogP contribution < -0.4 is 38.6 Å². The Hall–Kier alpha value is -4.93. The highest BCUT2D eigenvalue weighted by Gasteiger charge is 2.19. The molecular formula is C27H28N2O9. The summed E-state index contributed by atoms with van der Waals surface area (Å²) in [6.07, 6.45) is 1.45. The van der Waals surface area contributed by atoms with Crippen molar-refractivity contribution in [2.45, 2.75) is 0 Å². The van der Waals surface area contributed by atoms with E-state index in [-0.39, 0.29) is 11.1 Å². The second-order valence-corrected chi connectivity index (χ2v) is 7.49. The van der Waals surface area contributed by atoms with Crippen molar-refractivity contribution in [2.75, 3.05) is 42.7 Å². The highest BCUT2D eigenvalue weighted by atomic mass is 16.5. The first-order valence-electron chi connectivity index (χ1n) is 11.1. The number of hydrogen-bond acceptors (Lipinski definition) is 10. The SMILES string of the molecule is COc1cc(C(=O)NN=Cc2ccc(OC(=O)c3cc(OC)c(OC)c(OC)c3)cc2)cc(OC)c1OC. The molecule has 11 nitrogen and oxygen atoms in total. The Morgan fingerprint density at radius 3 is 1.53 bits per heavy atom. The lowest BCUT2D eigenvalue weighted by molar-refractivity contribution is 0.0733. The fraction of sp³-hybridized carbons (Fsp3) is 0.222. The third-order valence-electron chi connectivity index (χ3n) is 5.30. The number of hydrogen-bond donors (Lipinski definition) is 1. The number of amides is 1. The first-order valence-corrected chi connectivity index (χ1v) is 11.1. The maximum Gasteiger partial charge on any atom is 0.343 e. The molecule has 0 unspecified atom stereocenters. The number of nitrogens with one attached hydrogen (secondary N) is 1. The summed E-state index contributed by atoms with van der Waals surface area (Å²) in [5, 5.41) is 3.98. The zero-order valence-electron chi connectivity index (χ0n) is 21.8. The zero-order valence-corrected chi connectivity index (χ0v) is 21.8. The first-order chi connectivity index (χ1) is 18.4. The van der Waals surface area contributed by atoms with Gasteiger partial charge in [-0.15, -0.1) is 0 Å². The van der Waals surface area contributed by atoms with Gasteiger partial charge in [0.25, 0.3) is 5.91 Å². The molecule has 0 aliphatic carbocycles. The molecule has 0 atom stereocenters. The van der Waals surface area contributed by atoms with Crippen LogP contribution in [0.25, 0.3) is 0 Å². The topological polar surface area (TPSA) is 123 Å². The highest BCUT2D eigenvalue weighted by molar-refractivity contribution is 5.96. The number of methoxy groups -OCH3 is 6. The van der Waals surface area contributed by atoms with Crippen LogP contribution in [0.3, 0.4) is 0 Å². The Balaban J connectivity index is 1.66. The van der Waals surface area contributed by atoms with Crippen LogP contribution in [0.4, 0.5) is 0 Å². The van der Waals surface area contributed by atoms with Gasteiger partial charge in [-0.2, -0.15) is 5.10 Å². The van der Waals surface area contributed by atoms with Gasteiger partial charge in [0.2, 0.25) is 11.5 Å². The minimum absolute atomic E-state index is 0.222. The van der Waals surface area contributed by atoms with E-state index in [1.807, 2.05) is 0 Å². The van der Waals surface area contributed by atoms with Gasteiger partial charge in [0.15, 0.2) is 23.0 Å². The summed E-state index contributed by atoms with van der Waals surface area (Å²) >= 11 is 0. The molecule has 0 aliphatic rings.